The molecule has 2 fully saturated rings. The molecule has 1 N–H and O–H groups in total. The maximum Gasteiger partial charge on any atom is 0.308 e. The number of piperidine rings is 1. The number of aliphatic carboxylic acids is 1. The second kappa shape index (κ2) is 5.05. The summed E-state index contributed by atoms with van der Waals surface area (Å²) in [5.74, 6) is -1.30. The van der Waals surface area contributed by atoms with Crippen molar-refractivity contribution < 1.29 is 18.3 Å². The van der Waals surface area contributed by atoms with E-state index in [1.807, 2.05) is 0 Å². The average Bonchev–Trinajstić information content (AvgIpc) is 3.05. The van der Waals surface area contributed by atoms with Crippen molar-refractivity contribution >= 4 is 16.0 Å². The first-order valence-corrected chi connectivity index (χ1v) is 8.58. The van der Waals surface area contributed by atoms with Gasteiger partial charge in [0.25, 0.3) is 0 Å². The highest BCUT2D eigenvalue weighted by Gasteiger charge is 2.42. The normalized spacial score (nSPS) is 31.1. The predicted octanol–water partition coefficient (Wildman–Crippen LogP) is 1.69. The summed E-state index contributed by atoms with van der Waals surface area (Å²) in [6, 6.07) is -0.428. The van der Waals surface area contributed by atoms with E-state index in [2.05, 4.69) is 6.92 Å². The molecule has 5 nitrogen and oxygen atoms in total. The van der Waals surface area contributed by atoms with Crippen LogP contribution >= 0.6 is 0 Å². The highest BCUT2D eigenvalue weighted by atomic mass is 32.2. The maximum atomic E-state index is 12.4. The summed E-state index contributed by atoms with van der Waals surface area (Å²) in [6.45, 7) is 4.29. The lowest BCUT2D eigenvalue weighted by Crippen LogP contribution is -2.49. The third kappa shape index (κ3) is 3.28. The number of carboxylic acid groups (broad SMARTS) is 1. The van der Waals surface area contributed by atoms with Gasteiger partial charge in [0.1, 0.15) is 0 Å². The molecular formula is C13H23NO4S. The third-order valence-corrected chi connectivity index (χ3v) is 6.62. The molecule has 0 spiro atoms. The van der Waals surface area contributed by atoms with Crippen LogP contribution in [0.4, 0.5) is 0 Å². The van der Waals surface area contributed by atoms with Crippen LogP contribution in [-0.2, 0) is 14.8 Å². The van der Waals surface area contributed by atoms with E-state index in [-0.39, 0.29) is 11.2 Å². The first kappa shape index (κ1) is 14.8. The van der Waals surface area contributed by atoms with Crippen molar-refractivity contribution in [3.8, 4) is 0 Å². The minimum absolute atomic E-state index is 0.153. The molecule has 0 aromatic rings. The molecular weight excluding hydrogens is 266 g/mol. The zero-order valence-electron chi connectivity index (χ0n) is 11.6. The van der Waals surface area contributed by atoms with Gasteiger partial charge in [0, 0.05) is 12.6 Å². The van der Waals surface area contributed by atoms with Gasteiger partial charge in [0.15, 0.2) is 0 Å². The number of hydrogen-bond donors (Lipinski definition) is 1. The Morgan fingerprint density at radius 1 is 1.42 bits per heavy atom. The topological polar surface area (TPSA) is 74.7 Å². The minimum Gasteiger partial charge on any atom is -0.481 e. The van der Waals surface area contributed by atoms with Crippen LogP contribution in [-0.4, -0.2) is 42.1 Å². The van der Waals surface area contributed by atoms with Crippen molar-refractivity contribution in [3.63, 3.8) is 0 Å². The Balaban J connectivity index is 2.03. The van der Waals surface area contributed by atoms with Crippen molar-refractivity contribution in [2.75, 3.05) is 12.3 Å². The molecule has 6 heteroatoms. The van der Waals surface area contributed by atoms with Crippen LogP contribution in [0, 0.1) is 11.3 Å². The average molecular weight is 289 g/mol. The number of nitrogens with zero attached hydrogens (tertiary/aromatic N) is 1. The summed E-state index contributed by atoms with van der Waals surface area (Å²) in [5.41, 5.74) is 0.207. The van der Waals surface area contributed by atoms with E-state index in [1.165, 1.54) is 4.31 Å². The van der Waals surface area contributed by atoms with Gasteiger partial charge in [-0.05, 0) is 44.4 Å². The highest BCUT2D eigenvalue weighted by Crippen LogP contribution is 2.48. The van der Waals surface area contributed by atoms with E-state index >= 15 is 0 Å². The van der Waals surface area contributed by atoms with Gasteiger partial charge in [0.05, 0.1) is 11.7 Å². The lowest BCUT2D eigenvalue weighted by molar-refractivity contribution is -0.144. The Kier molecular flexibility index (Phi) is 3.93. The van der Waals surface area contributed by atoms with Gasteiger partial charge in [-0.1, -0.05) is 6.92 Å². The van der Waals surface area contributed by atoms with E-state index in [0.29, 0.717) is 25.8 Å². The molecule has 0 unspecified atom stereocenters. The summed E-state index contributed by atoms with van der Waals surface area (Å²) >= 11 is 0. The zero-order chi connectivity index (χ0) is 14.3. The molecule has 0 amide bonds. The molecule has 1 aliphatic heterocycles. The third-order valence-electron chi connectivity index (χ3n) is 4.67. The standard InChI is InChI=1S/C13H23NO4S/c1-10-11(12(15)16)4-3-8-14(10)19(17,18)9-7-13(2)5-6-13/h10-11H,3-9H2,1-2H3,(H,15,16)/t10-,11-/m1/s1. The minimum atomic E-state index is -3.32. The van der Waals surface area contributed by atoms with Gasteiger partial charge in [-0.15, -0.1) is 0 Å². The summed E-state index contributed by atoms with van der Waals surface area (Å²) < 4.78 is 26.2. The van der Waals surface area contributed by atoms with Gasteiger partial charge in [-0.25, -0.2) is 8.42 Å². The monoisotopic (exact) mass is 289 g/mol. The fourth-order valence-electron chi connectivity index (χ4n) is 2.79. The Bertz CT molecular complexity index is 455. The predicted molar refractivity (Wildman–Crippen MR) is 72.3 cm³/mol. The maximum absolute atomic E-state index is 12.4. The van der Waals surface area contributed by atoms with Gasteiger partial charge >= 0.3 is 5.97 Å². The van der Waals surface area contributed by atoms with Crippen molar-refractivity contribution in [2.45, 2.75) is 52.0 Å². The number of hydrogen-bond acceptors (Lipinski definition) is 3. The SMILES string of the molecule is C[C@@H]1[C@H](C(=O)O)CCCN1S(=O)(=O)CCC1(C)CC1. The Labute approximate surface area is 115 Å². The molecule has 110 valence electrons. The van der Waals surface area contributed by atoms with E-state index in [1.54, 1.807) is 6.92 Å². The molecule has 0 aromatic heterocycles. The van der Waals surface area contributed by atoms with Crippen LogP contribution in [0.15, 0.2) is 0 Å². The summed E-state index contributed by atoms with van der Waals surface area (Å²) in [5, 5.41) is 9.14. The lowest BCUT2D eigenvalue weighted by atomic mass is 9.92. The smallest absolute Gasteiger partial charge is 0.308 e. The second-order valence-electron chi connectivity index (χ2n) is 6.31. The first-order valence-electron chi connectivity index (χ1n) is 6.98. The van der Waals surface area contributed by atoms with Gasteiger partial charge in [-0.2, -0.15) is 4.31 Å². The second-order valence-corrected chi connectivity index (χ2v) is 8.36. The van der Waals surface area contributed by atoms with Crippen LogP contribution in [0.25, 0.3) is 0 Å². The Hall–Kier alpha value is -0.620. The molecule has 0 bridgehead atoms. The molecule has 0 aromatic carbocycles. The molecule has 2 aliphatic rings. The van der Waals surface area contributed by atoms with Crippen molar-refractivity contribution in [1.29, 1.82) is 0 Å². The fraction of sp³-hybridized carbons (Fsp3) is 0.923. The largest absolute Gasteiger partial charge is 0.481 e. The lowest BCUT2D eigenvalue weighted by Gasteiger charge is -2.36. The van der Waals surface area contributed by atoms with Crippen LogP contribution in [0.2, 0.25) is 0 Å². The van der Waals surface area contributed by atoms with Gasteiger partial charge < -0.3 is 5.11 Å². The molecule has 1 saturated carbocycles. The molecule has 1 aliphatic carbocycles. The van der Waals surface area contributed by atoms with E-state index < -0.39 is 28.0 Å². The van der Waals surface area contributed by atoms with Crippen molar-refractivity contribution in [1.82, 2.24) is 4.31 Å². The molecule has 19 heavy (non-hydrogen) atoms. The van der Waals surface area contributed by atoms with Crippen LogP contribution in [0.5, 0.6) is 0 Å². The molecule has 0 radical (unpaired) electrons. The first-order chi connectivity index (χ1) is 8.75. The van der Waals surface area contributed by atoms with Crippen molar-refractivity contribution in [2.24, 2.45) is 11.3 Å². The summed E-state index contributed by atoms with van der Waals surface area (Å²) in [6.07, 6.45) is 4.11. The quantitative estimate of drug-likeness (QED) is 0.835. The Morgan fingerprint density at radius 2 is 2.05 bits per heavy atom. The number of carboxylic acids is 1. The number of sulfonamides is 1. The fourth-order valence-corrected chi connectivity index (χ4v) is 4.84. The number of carbonyl (C=O) groups is 1. The van der Waals surface area contributed by atoms with Crippen LogP contribution in [0.1, 0.15) is 46.0 Å². The molecule has 2 rings (SSSR count). The van der Waals surface area contributed by atoms with E-state index in [9.17, 15) is 13.2 Å². The van der Waals surface area contributed by atoms with Crippen LogP contribution < -0.4 is 0 Å². The van der Waals surface area contributed by atoms with E-state index in [0.717, 1.165) is 12.8 Å². The molecule has 2 atom stereocenters. The van der Waals surface area contributed by atoms with Crippen molar-refractivity contribution in [3.05, 3.63) is 0 Å². The number of rotatable bonds is 5. The molecule has 1 saturated heterocycles. The van der Waals surface area contributed by atoms with E-state index in [4.69, 9.17) is 5.11 Å². The zero-order valence-corrected chi connectivity index (χ0v) is 12.4. The van der Waals surface area contributed by atoms with Gasteiger partial charge in [-0.3, -0.25) is 4.79 Å². The highest BCUT2D eigenvalue weighted by molar-refractivity contribution is 7.89. The Morgan fingerprint density at radius 3 is 2.58 bits per heavy atom. The summed E-state index contributed by atoms with van der Waals surface area (Å²) in [7, 11) is -3.32. The molecule has 1 heterocycles. The van der Waals surface area contributed by atoms with Crippen LogP contribution in [0.3, 0.4) is 0 Å². The summed E-state index contributed by atoms with van der Waals surface area (Å²) in [4.78, 5) is 11.1. The van der Waals surface area contributed by atoms with Gasteiger partial charge in [0.2, 0.25) is 10.0 Å².